The average Bonchev–Trinajstić information content (AvgIpc) is 3.18. The van der Waals surface area contributed by atoms with Gasteiger partial charge < -0.3 is 9.64 Å². The van der Waals surface area contributed by atoms with E-state index in [0.717, 1.165) is 56.5 Å². The molecule has 0 radical (unpaired) electrons. The van der Waals surface area contributed by atoms with Gasteiger partial charge >= 0.3 is 0 Å². The standard InChI is InChI=1S/C20H26N4O2/c1-20(10-15-26-20)17-7-5-16(6-8-17)19(25)24-12-3-2-4-18(24)9-13-23-14-11-21-22-23/h5-8,11,14,18H,2-4,9-10,12-13,15H2,1H3. The van der Waals surface area contributed by atoms with E-state index in [1.54, 1.807) is 6.20 Å². The van der Waals surface area contributed by atoms with E-state index in [0.29, 0.717) is 0 Å². The van der Waals surface area contributed by atoms with Crippen LogP contribution in [0.2, 0.25) is 0 Å². The van der Waals surface area contributed by atoms with Crippen molar-refractivity contribution in [2.24, 2.45) is 0 Å². The van der Waals surface area contributed by atoms with Gasteiger partial charge in [0, 0.05) is 37.3 Å². The minimum atomic E-state index is -0.174. The molecule has 2 unspecified atom stereocenters. The fourth-order valence-electron chi connectivity index (χ4n) is 3.97. The molecule has 138 valence electrons. The second-order valence-electron chi connectivity index (χ2n) is 7.51. The van der Waals surface area contributed by atoms with Crippen LogP contribution < -0.4 is 0 Å². The molecule has 2 aliphatic heterocycles. The Hall–Kier alpha value is -2.21. The number of ether oxygens (including phenoxy) is 1. The molecule has 1 amide bonds. The summed E-state index contributed by atoms with van der Waals surface area (Å²) in [7, 11) is 0. The lowest BCUT2D eigenvalue weighted by atomic mass is 9.88. The molecule has 0 spiro atoms. The van der Waals surface area contributed by atoms with Crippen LogP contribution in [-0.2, 0) is 16.9 Å². The molecule has 26 heavy (non-hydrogen) atoms. The quantitative estimate of drug-likeness (QED) is 0.828. The zero-order chi connectivity index (χ0) is 18.0. The number of hydrogen-bond donors (Lipinski definition) is 0. The first-order chi connectivity index (χ1) is 12.7. The van der Waals surface area contributed by atoms with Crippen LogP contribution in [0.5, 0.6) is 0 Å². The normalized spacial score (nSPS) is 25.7. The Morgan fingerprint density at radius 1 is 1.31 bits per heavy atom. The minimum absolute atomic E-state index is 0.138. The number of amides is 1. The fraction of sp³-hybridized carbons (Fsp3) is 0.550. The largest absolute Gasteiger partial charge is 0.370 e. The third kappa shape index (κ3) is 3.38. The third-order valence-corrected chi connectivity index (χ3v) is 5.79. The number of benzene rings is 1. The van der Waals surface area contributed by atoms with Crippen LogP contribution >= 0.6 is 0 Å². The van der Waals surface area contributed by atoms with Gasteiger partial charge in [0.2, 0.25) is 0 Å². The van der Waals surface area contributed by atoms with Crippen LogP contribution in [0.25, 0.3) is 0 Å². The van der Waals surface area contributed by atoms with Gasteiger partial charge in [0.05, 0.1) is 18.4 Å². The van der Waals surface area contributed by atoms with Crippen molar-refractivity contribution in [2.75, 3.05) is 13.2 Å². The topological polar surface area (TPSA) is 60.2 Å². The van der Waals surface area contributed by atoms with Gasteiger partial charge in [0.25, 0.3) is 5.91 Å². The summed E-state index contributed by atoms with van der Waals surface area (Å²) in [6.07, 6.45) is 8.84. The van der Waals surface area contributed by atoms with Crippen molar-refractivity contribution in [3.8, 4) is 0 Å². The second kappa shape index (κ2) is 7.19. The molecule has 2 saturated heterocycles. The predicted octanol–water partition coefficient (Wildman–Crippen LogP) is 3.00. The molecule has 0 aliphatic carbocycles. The first-order valence-corrected chi connectivity index (χ1v) is 9.55. The maximum absolute atomic E-state index is 13.1. The molecule has 2 aromatic rings. The second-order valence-corrected chi connectivity index (χ2v) is 7.51. The van der Waals surface area contributed by atoms with Crippen LogP contribution in [0.15, 0.2) is 36.7 Å². The highest BCUT2D eigenvalue weighted by atomic mass is 16.5. The number of hydrogen-bond acceptors (Lipinski definition) is 4. The zero-order valence-corrected chi connectivity index (χ0v) is 15.3. The maximum atomic E-state index is 13.1. The molecule has 2 fully saturated rings. The molecule has 0 N–H and O–H groups in total. The van der Waals surface area contributed by atoms with Gasteiger partial charge in [-0.3, -0.25) is 9.48 Å². The summed E-state index contributed by atoms with van der Waals surface area (Å²) in [4.78, 5) is 15.1. The average molecular weight is 354 g/mol. The van der Waals surface area contributed by atoms with E-state index in [-0.39, 0.29) is 17.6 Å². The van der Waals surface area contributed by atoms with E-state index in [4.69, 9.17) is 4.74 Å². The summed E-state index contributed by atoms with van der Waals surface area (Å²) in [5, 5.41) is 7.88. The molecule has 3 heterocycles. The lowest BCUT2D eigenvalue weighted by Crippen LogP contribution is -2.44. The summed E-state index contributed by atoms with van der Waals surface area (Å²) in [6, 6.07) is 8.26. The summed E-state index contributed by atoms with van der Waals surface area (Å²) in [6.45, 7) is 4.56. The van der Waals surface area contributed by atoms with Crippen LogP contribution in [0, 0.1) is 0 Å². The lowest BCUT2D eigenvalue weighted by molar-refractivity contribution is -0.140. The number of nitrogens with zero attached hydrogens (tertiary/aromatic N) is 4. The van der Waals surface area contributed by atoms with Gasteiger partial charge in [-0.15, -0.1) is 5.10 Å². The Labute approximate surface area is 154 Å². The Bertz CT molecular complexity index is 738. The Balaban J connectivity index is 1.44. The number of aromatic nitrogens is 3. The van der Waals surface area contributed by atoms with Crippen molar-refractivity contribution in [3.63, 3.8) is 0 Å². The predicted molar refractivity (Wildman–Crippen MR) is 97.7 cm³/mol. The number of aryl methyl sites for hydroxylation is 1. The van der Waals surface area contributed by atoms with Gasteiger partial charge in [0.1, 0.15) is 0 Å². The maximum Gasteiger partial charge on any atom is 0.254 e. The number of likely N-dealkylation sites (tertiary alicyclic amines) is 1. The summed E-state index contributed by atoms with van der Waals surface area (Å²) in [5.74, 6) is 0.138. The molecule has 6 heteroatoms. The van der Waals surface area contributed by atoms with E-state index in [9.17, 15) is 4.79 Å². The zero-order valence-electron chi connectivity index (χ0n) is 15.3. The third-order valence-electron chi connectivity index (χ3n) is 5.79. The minimum Gasteiger partial charge on any atom is -0.370 e. The molecule has 4 rings (SSSR count). The molecule has 1 aromatic heterocycles. The molecule has 2 aliphatic rings. The monoisotopic (exact) mass is 354 g/mol. The molecule has 0 saturated carbocycles. The molecule has 0 bridgehead atoms. The first-order valence-electron chi connectivity index (χ1n) is 9.55. The number of carbonyl (C=O) groups is 1. The van der Waals surface area contributed by atoms with Crippen LogP contribution in [0.3, 0.4) is 0 Å². The van der Waals surface area contributed by atoms with E-state index >= 15 is 0 Å². The summed E-state index contributed by atoms with van der Waals surface area (Å²) < 4.78 is 7.54. The van der Waals surface area contributed by atoms with Crippen molar-refractivity contribution in [2.45, 2.75) is 57.2 Å². The summed E-state index contributed by atoms with van der Waals surface area (Å²) >= 11 is 0. The Kier molecular flexibility index (Phi) is 4.76. The van der Waals surface area contributed by atoms with Gasteiger partial charge in [-0.05, 0) is 50.3 Å². The van der Waals surface area contributed by atoms with Crippen LogP contribution in [-0.4, -0.2) is 45.0 Å². The fourth-order valence-corrected chi connectivity index (χ4v) is 3.97. The Morgan fingerprint density at radius 3 is 2.77 bits per heavy atom. The number of piperidine rings is 1. The van der Waals surface area contributed by atoms with Gasteiger partial charge in [0.15, 0.2) is 0 Å². The molecule has 1 aromatic carbocycles. The van der Waals surface area contributed by atoms with Crippen molar-refractivity contribution in [1.29, 1.82) is 0 Å². The lowest BCUT2D eigenvalue weighted by Gasteiger charge is -2.39. The van der Waals surface area contributed by atoms with Gasteiger partial charge in [-0.1, -0.05) is 17.3 Å². The highest BCUT2D eigenvalue weighted by Crippen LogP contribution is 2.36. The molecular weight excluding hydrogens is 328 g/mol. The van der Waals surface area contributed by atoms with E-state index < -0.39 is 0 Å². The molecular formula is C20H26N4O2. The van der Waals surface area contributed by atoms with Crippen LogP contribution in [0.4, 0.5) is 0 Å². The highest BCUT2D eigenvalue weighted by molar-refractivity contribution is 5.94. The van der Waals surface area contributed by atoms with E-state index in [1.807, 2.05) is 35.1 Å². The number of rotatable bonds is 5. The molecule has 6 nitrogen and oxygen atoms in total. The molecule has 2 atom stereocenters. The first kappa shape index (κ1) is 17.2. The van der Waals surface area contributed by atoms with Crippen molar-refractivity contribution < 1.29 is 9.53 Å². The van der Waals surface area contributed by atoms with Crippen molar-refractivity contribution >= 4 is 5.91 Å². The Morgan fingerprint density at radius 2 is 2.12 bits per heavy atom. The van der Waals surface area contributed by atoms with E-state index in [2.05, 4.69) is 22.1 Å². The number of carbonyl (C=O) groups excluding carboxylic acids is 1. The van der Waals surface area contributed by atoms with Crippen LogP contribution in [0.1, 0.15) is 54.9 Å². The van der Waals surface area contributed by atoms with Crippen molar-refractivity contribution in [3.05, 3.63) is 47.8 Å². The van der Waals surface area contributed by atoms with E-state index in [1.165, 1.54) is 6.42 Å². The smallest absolute Gasteiger partial charge is 0.254 e. The summed E-state index contributed by atoms with van der Waals surface area (Å²) in [5.41, 5.74) is 1.75. The van der Waals surface area contributed by atoms with Gasteiger partial charge in [-0.25, -0.2) is 0 Å². The van der Waals surface area contributed by atoms with Crippen molar-refractivity contribution in [1.82, 2.24) is 19.9 Å². The highest BCUT2D eigenvalue weighted by Gasteiger charge is 2.35. The van der Waals surface area contributed by atoms with Gasteiger partial charge in [-0.2, -0.15) is 0 Å². The SMILES string of the molecule is CC1(c2ccc(C(=O)N3CCCCC3CCn3ccnn3)cc2)CCO1.